The highest BCUT2D eigenvalue weighted by Gasteiger charge is 2.29. The van der Waals surface area contributed by atoms with Crippen LogP contribution in [0.1, 0.15) is 12.0 Å². The molecule has 0 radical (unpaired) electrons. The zero-order valence-electron chi connectivity index (χ0n) is 14.3. The van der Waals surface area contributed by atoms with Crippen molar-refractivity contribution in [3.05, 3.63) is 54.1 Å². The molecule has 1 unspecified atom stereocenters. The van der Waals surface area contributed by atoms with Crippen molar-refractivity contribution in [2.45, 2.75) is 23.8 Å². The Morgan fingerprint density at radius 3 is 2.56 bits per heavy atom. The fraction of sp³-hybridized carbons (Fsp3) is 0.222. The van der Waals surface area contributed by atoms with Gasteiger partial charge in [0.05, 0.1) is 17.0 Å². The molecule has 1 heterocycles. The van der Waals surface area contributed by atoms with E-state index in [4.69, 9.17) is 9.88 Å². The molecule has 2 amide bonds. The Kier molecular flexibility index (Phi) is 5.43. The van der Waals surface area contributed by atoms with Crippen LogP contribution < -0.4 is 20.5 Å². The topological polar surface area (TPSA) is 128 Å². The van der Waals surface area contributed by atoms with E-state index in [0.717, 1.165) is 5.56 Å². The van der Waals surface area contributed by atoms with Crippen molar-refractivity contribution in [3.63, 3.8) is 0 Å². The molecule has 0 spiro atoms. The second-order valence-corrected chi connectivity index (χ2v) is 7.65. The fourth-order valence-electron chi connectivity index (χ4n) is 2.66. The summed E-state index contributed by atoms with van der Waals surface area (Å²) in [4.78, 5) is 24.1. The van der Waals surface area contributed by atoms with Gasteiger partial charge in [-0.15, -0.1) is 0 Å². The molecule has 0 saturated carbocycles. The molecule has 4 N–H and O–H groups in total. The minimum atomic E-state index is -3.72. The van der Waals surface area contributed by atoms with Gasteiger partial charge < -0.3 is 15.4 Å². The molecule has 1 atom stereocenters. The van der Waals surface area contributed by atoms with E-state index in [1.165, 1.54) is 12.1 Å². The Labute approximate surface area is 156 Å². The highest BCUT2D eigenvalue weighted by atomic mass is 32.2. The quantitative estimate of drug-likeness (QED) is 0.673. The molecule has 0 aliphatic carbocycles. The molecule has 9 heteroatoms. The van der Waals surface area contributed by atoms with Gasteiger partial charge in [0.25, 0.3) is 5.91 Å². The number of nitrogens with one attached hydrogen (secondary N) is 2. The van der Waals surface area contributed by atoms with Gasteiger partial charge in [-0.25, -0.2) is 13.6 Å². The number of carbonyl (C=O) groups is 2. The van der Waals surface area contributed by atoms with Crippen molar-refractivity contribution in [1.82, 2.24) is 5.32 Å². The monoisotopic (exact) mass is 389 g/mol. The molecule has 0 bridgehead atoms. The summed E-state index contributed by atoms with van der Waals surface area (Å²) in [7, 11) is -3.72. The van der Waals surface area contributed by atoms with Crippen LogP contribution in [0.3, 0.4) is 0 Å². The normalized spacial score (nSPS) is 16.0. The minimum absolute atomic E-state index is 0.0380. The first-order valence-electron chi connectivity index (χ1n) is 8.28. The van der Waals surface area contributed by atoms with Gasteiger partial charge in [-0.05, 0) is 36.2 Å². The van der Waals surface area contributed by atoms with Crippen LogP contribution in [-0.4, -0.2) is 32.9 Å². The number of rotatable bonds is 6. The minimum Gasteiger partial charge on any atom is -0.478 e. The van der Waals surface area contributed by atoms with Crippen molar-refractivity contribution < 1.29 is 22.7 Å². The zero-order valence-corrected chi connectivity index (χ0v) is 15.2. The van der Waals surface area contributed by atoms with Gasteiger partial charge in [0.1, 0.15) is 5.75 Å². The molecule has 0 fully saturated rings. The first kappa shape index (κ1) is 18.9. The molecule has 2 aromatic carbocycles. The van der Waals surface area contributed by atoms with Crippen LogP contribution in [-0.2, 0) is 26.0 Å². The SMILES string of the molecule is NS(=O)(=O)c1ccc(CCNC(=O)CC2Oc3ccccc3NC2=O)cc1. The molecule has 1 aliphatic rings. The van der Waals surface area contributed by atoms with Crippen LogP contribution in [0.5, 0.6) is 5.75 Å². The maximum atomic E-state index is 12.1. The van der Waals surface area contributed by atoms with Crippen LogP contribution in [0.2, 0.25) is 0 Å². The van der Waals surface area contributed by atoms with Crippen LogP contribution >= 0.6 is 0 Å². The van der Waals surface area contributed by atoms with E-state index in [2.05, 4.69) is 10.6 Å². The van der Waals surface area contributed by atoms with Crippen LogP contribution in [0.15, 0.2) is 53.4 Å². The average molecular weight is 389 g/mol. The number of carbonyl (C=O) groups excluding carboxylic acids is 2. The Balaban J connectivity index is 1.48. The average Bonchev–Trinajstić information content (AvgIpc) is 2.62. The number of fused-ring (bicyclic) bond motifs is 1. The molecule has 1 aliphatic heterocycles. The maximum absolute atomic E-state index is 12.1. The third-order valence-electron chi connectivity index (χ3n) is 4.07. The maximum Gasteiger partial charge on any atom is 0.266 e. The van der Waals surface area contributed by atoms with Gasteiger partial charge >= 0.3 is 0 Å². The summed E-state index contributed by atoms with van der Waals surface area (Å²) in [5.41, 5.74) is 1.44. The Morgan fingerprint density at radius 2 is 1.85 bits per heavy atom. The fourth-order valence-corrected chi connectivity index (χ4v) is 3.18. The number of sulfonamides is 1. The summed E-state index contributed by atoms with van der Waals surface area (Å²) >= 11 is 0. The molecular weight excluding hydrogens is 370 g/mol. The molecule has 0 saturated heterocycles. The number of nitrogens with two attached hydrogens (primary N) is 1. The van der Waals surface area contributed by atoms with E-state index >= 15 is 0 Å². The third kappa shape index (κ3) is 4.83. The van der Waals surface area contributed by atoms with Crippen LogP contribution in [0.25, 0.3) is 0 Å². The lowest BCUT2D eigenvalue weighted by molar-refractivity contribution is -0.130. The lowest BCUT2D eigenvalue weighted by Crippen LogP contribution is -2.41. The van der Waals surface area contributed by atoms with Crippen molar-refractivity contribution >= 4 is 27.5 Å². The highest BCUT2D eigenvalue weighted by molar-refractivity contribution is 7.89. The molecule has 27 heavy (non-hydrogen) atoms. The number of primary sulfonamides is 1. The van der Waals surface area contributed by atoms with Gasteiger partial charge in [-0.3, -0.25) is 9.59 Å². The van der Waals surface area contributed by atoms with E-state index < -0.39 is 16.1 Å². The first-order valence-corrected chi connectivity index (χ1v) is 9.82. The van der Waals surface area contributed by atoms with Gasteiger partial charge in [-0.2, -0.15) is 0 Å². The number of benzene rings is 2. The smallest absolute Gasteiger partial charge is 0.266 e. The third-order valence-corrected chi connectivity index (χ3v) is 4.99. The van der Waals surface area contributed by atoms with Gasteiger partial charge in [0.2, 0.25) is 15.9 Å². The summed E-state index contributed by atoms with van der Waals surface area (Å²) < 4.78 is 28.0. The number of hydrogen-bond acceptors (Lipinski definition) is 5. The Bertz CT molecular complexity index is 957. The standard InChI is InChI=1S/C18H19N3O5S/c19-27(24,25)13-7-5-12(6-8-13)9-10-20-17(22)11-16-18(23)21-14-3-1-2-4-15(14)26-16/h1-8,16H,9-11H2,(H,20,22)(H,21,23)(H2,19,24,25). The van der Waals surface area contributed by atoms with Crippen molar-refractivity contribution in [2.75, 3.05) is 11.9 Å². The first-order chi connectivity index (χ1) is 12.8. The summed E-state index contributed by atoms with van der Waals surface area (Å²) in [6.45, 7) is 0.346. The molecular formula is C18H19N3O5S. The van der Waals surface area contributed by atoms with E-state index in [0.29, 0.717) is 24.4 Å². The predicted molar refractivity (Wildman–Crippen MR) is 98.6 cm³/mol. The summed E-state index contributed by atoms with van der Waals surface area (Å²) in [6.07, 6.45) is -0.462. The number of hydrogen-bond donors (Lipinski definition) is 3. The second-order valence-electron chi connectivity index (χ2n) is 6.08. The van der Waals surface area contributed by atoms with Crippen LogP contribution in [0, 0.1) is 0 Å². The largest absolute Gasteiger partial charge is 0.478 e. The van der Waals surface area contributed by atoms with Gasteiger partial charge in [-0.1, -0.05) is 24.3 Å². The number of para-hydroxylation sites is 2. The molecule has 142 valence electrons. The van der Waals surface area contributed by atoms with Crippen molar-refractivity contribution in [1.29, 1.82) is 0 Å². The summed E-state index contributed by atoms with van der Waals surface area (Å²) in [5, 5.41) is 10.5. The van der Waals surface area contributed by atoms with Crippen molar-refractivity contribution in [3.8, 4) is 5.75 Å². The predicted octanol–water partition coefficient (Wildman–Crippen LogP) is 0.782. The lowest BCUT2D eigenvalue weighted by Gasteiger charge is -2.25. The molecule has 8 nitrogen and oxygen atoms in total. The zero-order chi connectivity index (χ0) is 19.4. The lowest BCUT2D eigenvalue weighted by atomic mass is 10.1. The second kappa shape index (κ2) is 7.77. The van der Waals surface area contributed by atoms with Crippen molar-refractivity contribution in [2.24, 2.45) is 5.14 Å². The molecule has 2 aromatic rings. The van der Waals surface area contributed by atoms with E-state index in [9.17, 15) is 18.0 Å². The summed E-state index contributed by atoms with van der Waals surface area (Å²) in [6, 6.07) is 13.1. The Hall–Kier alpha value is -2.91. The van der Waals surface area contributed by atoms with E-state index in [1.807, 2.05) is 0 Å². The number of amides is 2. The van der Waals surface area contributed by atoms with Crippen LogP contribution in [0.4, 0.5) is 5.69 Å². The van der Waals surface area contributed by atoms with E-state index in [-0.39, 0.29) is 23.1 Å². The molecule has 3 rings (SSSR count). The highest BCUT2D eigenvalue weighted by Crippen LogP contribution is 2.29. The van der Waals surface area contributed by atoms with E-state index in [1.54, 1.807) is 36.4 Å². The van der Waals surface area contributed by atoms with Gasteiger partial charge in [0, 0.05) is 6.54 Å². The number of ether oxygens (including phenoxy) is 1. The number of anilines is 1. The summed E-state index contributed by atoms with van der Waals surface area (Å²) in [5.74, 6) is -0.136. The van der Waals surface area contributed by atoms with Gasteiger partial charge in [0.15, 0.2) is 6.10 Å². The Morgan fingerprint density at radius 1 is 1.15 bits per heavy atom. The molecule has 0 aromatic heterocycles.